The molecule has 0 saturated carbocycles. The van der Waals surface area contributed by atoms with E-state index in [-0.39, 0.29) is 12.7 Å². The molecule has 148 valence electrons. The Morgan fingerprint density at radius 3 is 2.30 bits per heavy atom. The summed E-state index contributed by atoms with van der Waals surface area (Å²) in [4.78, 5) is 27.1. The van der Waals surface area contributed by atoms with Gasteiger partial charge in [0.15, 0.2) is 29.0 Å². The normalized spacial score (nSPS) is 12.0. The highest BCUT2D eigenvalue weighted by Gasteiger charge is 2.36. The molecule has 0 fully saturated rings. The van der Waals surface area contributed by atoms with Crippen LogP contribution in [0.2, 0.25) is 0 Å². The Hall–Kier alpha value is -2.81. The molecule has 0 amide bonds. The van der Waals surface area contributed by atoms with Gasteiger partial charge >= 0.3 is 12.1 Å². The van der Waals surface area contributed by atoms with Crippen LogP contribution in [0.4, 0.5) is 26.3 Å². The van der Waals surface area contributed by atoms with Crippen LogP contribution in [-0.2, 0) is 9.53 Å². The van der Waals surface area contributed by atoms with Crippen molar-refractivity contribution in [2.45, 2.75) is 26.1 Å². The van der Waals surface area contributed by atoms with Crippen LogP contribution in [0, 0.1) is 17.5 Å². The number of nitrogens with zero attached hydrogens (tertiary/aromatic N) is 1. The van der Waals surface area contributed by atoms with E-state index in [9.17, 15) is 35.9 Å². The minimum absolute atomic E-state index is 0.129. The average molecular weight is 397 g/mol. The van der Waals surface area contributed by atoms with Crippen molar-refractivity contribution in [3.8, 4) is 5.75 Å². The Morgan fingerprint density at radius 2 is 1.81 bits per heavy atom. The van der Waals surface area contributed by atoms with Crippen LogP contribution in [0.25, 0.3) is 0 Å². The minimum atomic E-state index is -4.80. The van der Waals surface area contributed by atoms with E-state index in [1.807, 2.05) is 0 Å². The van der Waals surface area contributed by atoms with Gasteiger partial charge in [-0.15, -0.1) is 0 Å². The van der Waals surface area contributed by atoms with Crippen molar-refractivity contribution in [1.82, 2.24) is 0 Å². The first-order valence-electron chi connectivity index (χ1n) is 7.28. The predicted octanol–water partition coefficient (Wildman–Crippen LogP) is 3.41. The summed E-state index contributed by atoms with van der Waals surface area (Å²) in [6, 6.07) is -2.22. The van der Waals surface area contributed by atoms with Gasteiger partial charge in [0.1, 0.15) is 0 Å². The molecular weight excluding hydrogens is 384 g/mol. The Balaban J connectivity index is 3.57. The van der Waals surface area contributed by atoms with Crippen LogP contribution in [0.3, 0.4) is 0 Å². The monoisotopic (exact) mass is 397 g/mol. The van der Waals surface area contributed by atoms with Crippen molar-refractivity contribution >= 4 is 17.6 Å². The first-order valence-corrected chi connectivity index (χ1v) is 7.28. The average Bonchev–Trinajstić information content (AvgIpc) is 2.57. The number of hydrogen-bond donors (Lipinski definition) is 0. The van der Waals surface area contributed by atoms with Gasteiger partial charge in [-0.1, -0.05) is 0 Å². The van der Waals surface area contributed by atoms with Gasteiger partial charge in [0, 0.05) is 5.87 Å². The number of aliphatic imine (C=N–C) groups is 1. The van der Waals surface area contributed by atoms with E-state index in [0.717, 1.165) is 7.11 Å². The quantitative estimate of drug-likeness (QED) is 0.108. The lowest BCUT2D eigenvalue weighted by Crippen LogP contribution is -2.24. The van der Waals surface area contributed by atoms with Gasteiger partial charge in [0.05, 0.1) is 19.3 Å². The summed E-state index contributed by atoms with van der Waals surface area (Å²) >= 11 is 0. The summed E-state index contributed by atoms with van der Waals surface area (Å²) in [7, 11) is 0.795. The van der Waals surface area contributed by atoms with Crippen molar-refractivity contribution in [1.29, 1.82) is 0 Å². The van der Waals surface area contributed by atoms with Gasteiger partial charge in [-0.3, -0.25) is 4.79 Å². The molecule has 0 aliphatic rings. The highest BCUT2D eigenvalue weighted by molar-refractivity contribution is 6.29. The Bertz CT molecular complexity index is 812. The fraction of sp³-hybridized carbons (Fsp3) is 0.375. The number of rotatable bonds is 6. The number of ketones is 1. The molecule has 0 radical (unpaired) electrons. The third-order valence-electron chi connectivity index (χ3n) is 3.11. The van der Waals surface area contributed by atoms with Gasteiger partial charge in [0.2, 0.25) is 11.6 Å². The molecule has 11 heteroatoms. The zero-order chi connectivity index (χ0) is 20.9. The van der Waals surface area contributed by atoms with Crippen LogP contribution in [0.5, 0.6) is 5.75 Å². The molecule has 1 atom stereocenters. The molecule has 1 aromatic rings. The largest absolute Gasteiger partial charge is 0.491 e. The fourth-order valence-electron chi connectivity index (χ4n) is 1.69. The number of benzene rings is 1. The lowest BCUT2D eigenvalue weighted by atomic mass is 10.0. The molecule has 1 aromatic carbocycles. The third kappa shape index (κ3) is 5.10. The van der Waals surface area contributed by atoms with Crippen LogP contribution >= 0.6 is 0 Å². The molecule has 0 aliphatic heterocycles. The molecule has 0 aromatic heterocycles. The molecule has 27 heavy (non-hydrogen) atoms. The van der Waals surface area contributed by atoms with Gasteiger partial charge < -0.3 is 9.47 Å². The standard InChI is InChI=1S/C16H13F6NO4/c1-4-27-15(25)9(6-23-7(2)16(20,21)22)13(24)8-5-10(17)12(19)14(26-3)11(8)18/h5,7H,4H2,1-3H3. The second kappa shape index (κ2) is 8.72. The van der Waals surface area contributed by atoms with E-state index in [0.29, 0.717) is 6.92 Å². The molecule has 1 unspecified atom stereocenters. The van der Waals surface area contributed by atoms with Crippen molar-refractivity contribution in [3.05, 3.63) is 34.7 Å². The molecule has 0 saturated heterocycles. The van der Waals surface area contributed by atoms with Gasteiger partial charge in [-0.05, 0) is 19.9 Å². The molecule has 0 spiro atoms. The van der Waals surface area contributed by atoms with E-state index in [1.165, 1.54) is 6.92 Å². The summed E-state index contributed by atoms with van der Waals surface area (Å²) in [5.74, 6) is -7.81. The summed E-state index contributed by atoms with van der Waals surface area (Å²) in [5.41, 5.74) is -2.39. The van der Waals surface area contributed by atoms with Crippen molar-refractivity contribution < 1.29 is 45.4 Å². The molecule has 1 rings (SSSR count). The lowest BCUT2D eigenvalue weighted by Gasteiger charge is -2.10. The van der Waals surface area contributed by atoms with E-state index in [4.69, 9.17) is 0 Å². The summed E-state index contributed by atoms with van der Waals surface area (Å²) in [6.07, 6.45) is -4.80. The van der Waals surface area contributed by atoms with Gasteiger partial charge in [0.25, 0.3) is 0 Å². The second-order valence-electron chi connectivity index (χ2n) is 4.95. The van der Waals surface area contributed by atoms with Crippen LogP contribution in [-0.4, -0.2) is 43.6 Å². The number of carbonyl (C=O) groups excluding carboxylic acids is 2. The maximum Gasteiger partial charge on any atom is 0.411 e. The van der Waals surface area contributed by atoms with Crippen LogP contribution in [0.15, 0.2) is 16.6 Å². The Labute approximate surface area is 149 Å². The topological polar surface area (TPSA) is 65.0 Å². The van der Waals surface area contributed by atoms with Crippen LogP contribution < -0.4 is 4.74 Å². The highest BCUT2D eigenvalue weighted by Crippen LogP contribution is 2.28. The van der Waals surface area contributed by atoms with Crippen molar-refractivity contribution in [2.75, 3.05) is 13.7 Å². The molecule has 5 nitrogen and oxygen atoms in total. The van der Waals surface area contributed by atoms with Gasteiger partial charge in [-0.2, -0.15) is 17.6 Å². The van der Waals surface area contributed by atoms with E-state index in [1.54, 1.807) is 5.87 Å². The zero-order valence-corrected chi connectivity index (χ0v) is 14.2. The predicted molar refractivity (Wildman–Crippen MR) is 80.3 cm³/mol. The van der Waals surface area contributed by atoms with Crippen molar-refractivity contribution in [3.63, 3.8) is 0 Å². The third-order valence-corrected chi connectivity index (χ3v) is 3.11. The number of Topliss-reactive ketones (excluding diaryl/α,β-unsaturated/α-hetero) is 1. The van der Waals surface area contributed by atoms with Crippen molar-refractivity contribution in [2.24, 2.45) is 4.99 Å². The first-order chi connectivity index (χ1) is 12.4. The molecular formula is C16H13F6NO4. The van der Waals surface area contributed by atoms with Crippen LogP contribution in [0.1, 0.15) is 24.2 Å². The maximum atomic E-state index is 14.2. The fourth-order valence-corrected chi connectivity index (χ4v) is 1.69. The Kier molecular flexibility index (Phi) is 7.18. The molecule has 0 bridgehead atoms. The smallest absolute Gasteiger partial charge is 0.411 e. The number of ether oxygens (including phenoxy) is 2. The summed E-state index contributed by atoms with van der Waals surface area (Å²) in [5, 5.41) is 0. The number of esters is 1. The van der Waals surface area contributed by atoms with E-state index in [2.05, 4.69) is 14.5 Å². The lowest BCUT2D eigenvalue weighted by molar-refractivity contribution is -0.142. The first kappa shape index (κ1) is 22.2. The second-order valence-corrected chi connectivity index (χ2v) is 4.95. The molecule has 0 heterocycles. The molecule has 0 N–H and O–H groups in total. The molecule has 0 aliphatic carbocycles. The maximum absolute atomic E-state index is 14.2. The zero-order valence-electron chi connectivity index (χ0n) is 14.2. The highest BCUT2D eigenvalue weighted by atomic mass is 19.4. The van der Waals surface area contributed by atoms with E-state index < -0.39 is 58.3 Å². The van der Waals surface area contributed by atoms with Gasteiger partial charge in [-0.25, -0.2) is 18.6 Å². The SMILES string of the molecule is CCOC(=O)C(=C=NC(C)C(F)(F)F)C(=O)c1cc(F)c(F)c(OC)c1F. The number of methoxy groups -OCH3 is 1. The minimum Gasteiger partial charge on any atom is -0.491 e. The number of halogens is 6. The number of hydrogen-bond acceptors (Lipinski definition) is 5. The Morgan fingerprint density at radius 1 is 1.22 bits per heavy atom. The number of alkyl halides is 3. The number of carbonyl (C=O) groups is 2. The summed E-state index contributed by atoms with van der Waals surface area (Å²) in [6.45, 7) is 1.66. The summed E-state index contributed by atoms with van der Waals surface area (Å²) < 4.78 is 87.6. The van der Waals surface area contributed by atoms with E-state index >= 15 is 0 Å².